The minimum absolute atomic E-state index is 0.0223. The van der Waals surface area contributed by atoms with Gasteiger partial charge in [0.1, 0.15) is 0 Å². The summed E-state index contributed by atoms with van der Waals surface area (Å²) in [4.78, 5) is 25.9. The predicted octanol–water partition coefficient (Wildman–Crippen LogP) is 1.96. The van der Waals surface area contributed by atoms with Gasteiger partial charge in [0, 0.05) is 18.8 Å². The van der Waals surface area contributed by atoms with Crippen LogP contribution in [0.15, 0.2) is 24.3 Å². The molecular weight excluding hydrogens is 278 g/mol. The summed E-state index contributed by atoms with van der Waals surface area (Å²) >= 11 is 0. The van der Waals surface area contributed by atoms with E-state index in [2.05, 4.69) is 30.5 Å². The van der Waals surface area contributed by atoms with Crippen LogP contribution in [-0.2, 0) is 9.59 Å². The van der Waals surface area contributed by atoms with Crippen LogP contribution < -0.4 is 10.6 Å². The Morgan fingerprint density at radius 2 is 2.09 bits per heavy atom. The van der Waals surface area contributed by atoms with Crippen LogP contribution >= 0.6 is 0 Å². The summed E-state index contributed by atoms with van der Waals surface area (Å²) in [6.07, 6.45) is 1.02. The smallest absolute Gasteiger partial charge is 0.241 e. The molecule has 2 unspecified atom stereocenters. The van der Waals surface area contributed by atoms with Crippen molar-refractivity contribution in [2.45, 2.75) is 39.2 Å². The molecule has 2 amide bonds. The Kier molecular flexibility index (Phi) is 5.55. The Bertz CT molecular complexity index is 544. The van der Waals surface area contributed by atoms with Gasteiger partial charge in [-0.25, -0.2) is 0 Å². The third kappa shape index (κ3) is 3.85. The molecule has 1 aliphatic heterocycles. The Hall–Kier alpha value is -1.88. The zero-order valence-electron chi connectivity index (χ0n) is 13.6. The lowest BCUT2D eigenvalue weighted by atomic mass is 9.97. The van der Waals surface area contributed by atoms with Crippen LogP contribution in [0.2, 0.25) is 0 Å². The highest BCUT2D eigenvalue weighted by Crippen LogP contribution is 2.26. The number of hydrogen-bond donors (Lipinski definition) is 2. The fourth-order valence-corrected chi connectivity index (χ4v) is 2.65. The zero-order chi connectivity index (χ0) is 16.1. The van der Waals surface area contributed by atoms with Crippen molar-refractivity contribution in [2.24, 2.45) is 0 Å². The number of carbonyl (C=O) groups excluding carboxylic acids is 2. The molecule has 1 aromatic rings. The first-order valence-corrected chi connectivity index (χ1v) is 7.93. The van der Waals surface area contributed by atoms with Crippen molar-refractivity contribution in [1.29, 1.82) is 0 Å². The first kappa shape index (κ1) is 16.5. The Balaban J connectivity index is 2.07. The maximum absolute atomic E-state index is 12.5. The molecule has 0 aliphatic carbocycles. The summed E-state index contributed by atoms with van der Waals surface area (Å²) in [6.45, 7) is 7.72. The second-order valence-corrected chi connectivity index (χ2v) is 5.88. The Morgan fingerprint density at radius 1 is 1.36 bits per heavy atom. The molecule has 1 aromatic carbocycles. The first-order chi connectivity index (χ1) is 10.5. The van der Waals surface area contributed by atoms with Crippen LogP contribution in [0.1, 0.15) is 38.7 Å². The molecule has 1 saturated heterocycles. The number of carbonyl (C=O) groups is 2. The lowest BCUT2D eigenvalue weighted by Crippen LogP contribution is -2.53. The quantitative estimate of drug-likeness (QED) is 0.874. The maximum Gasteiger partial charge on any atom is 0.241 e. The normalized spacial score (nSPS) is 18.4. The van der Waals surface area contributed by atoms with Crippen LogP contribution in [0.4, 0.5) is 5.69 Å². The molecule has 2 rings (SSSR count). The van der Waals surface area contributed by atoms with Crippen LogP contribution in [-0.4, -0.2) is 42.4 Å². The van der Waals surface area contributed by atoms with E-state index < -0.39 is 0 Å². The number of anilines is 1. The predicted molar refractivity (Wildman–Crippen MR) is 87.8 cm³/mol. The Morgan fingerprint density at radius 3 is 2.77 bits per heavy atom. The van der Waals surface area contributed by atoms with E-state index in [0.717, 1.165) is 17.7 Å². The fourth-order valence-electron chi connectivity index (χ4n) is 2.65. The van der Waals surface area contributed by atoms with Crippen LogP contribution in [0.5, 0.6) is 0 Å². The molecule has 0 aromatic heterocycles. The summed E-state index contributed by atoms with van der Waals surface area (Å²) in [6, 6.07) is 7.60. The third-order valence-electron chi connectivity index (χ3n) is 4.36. The van der Waals surface area contributed by atoms with E-state index in [4.69, 9.17) is 0 Å². The van der Waals surface area contributed by atoms with Gasteiger partial charge in [0.25, 0.3) is 0 Å². The number of rotatable bonds is 5. The van der Waals surface area contributed by atoms with E-state index in [9.17, 15) is 9.59 Å². The molecular formula is C17H25N3O2. The SMILES string of the molecule is CCC(C)c1ccccc1NC(=O)C(C)N1CCNC(=O)C1. The highest BCUT2D eigenvalue weighted by Gasteiger charge is 2.26. The van der Waals surface area contributed by atoms with E-state index in [-0.39, 0.29) is 24.4 Å². The van der Waals surface area contributed by atoms with Crippen LogP contribution in [0.25, 0.3) is 0 Å². The van der Waals surface area contributed by atoms with Crippen molar-refractivity contribution in [3.05, 3.63) is 29.8 Å². The molecule has 22 heavy (non-hydrogen) atoms. The van der Waals surface area contributed by atoms with Gasteiger partial charge >= 0.3 is 0 Å². The molecule has 0 radical (unpaired) electrons. The number of piperazine rings is 1. The molecule has 120 valence electrons. The molecule has 5 heteroatoms. The van der Waals surface area contributed by atoms with Gasteiger partial charge in [0.2, 0.25) is 11.8 Å². The van der Waals surface area contributed by atoms with E-state index in [1.54, 1.807) is 0 Å². The lowest BCUT2D eigenvalue weighted by molar-refractivity contribution is -0.127. The van der Waals surface area contributed by atoms with Gasteiger partial charge in [-0.3, -0.25) is 14.5 Å². The number of hydrogen-bond acceptors (Lipinski definition) is 3. The molecule has 2 atom stereocenters. The summed E-state index contributed by atoms with van der Waals surface area (Å²) < 4.78 is 0. The van der Waals surface area contributed by atoms with Gasteiger partial charge in [-0.15, -0.1) is 0 Å². The largest absolute Gasteiger partial charge is 0.354 e. The average molecular weight is 303 g/mol. The molecule has 5 nitrogen and oxygen atoms in total. The molecule has 1 fully saturated rings. The van der Waals surface area contributed by atoms with E-state index in [1.165, 1.54) is 0 Å². The number of benzene rings is 1. The second kappa shape index (κ2) is 7.40. The highest BCUT2D eigenvalue weighted by atomic mass is 16.2. The van der Waals surface area contributed by atoms with Gasteiger partial charge in [0.15, 0.2) is 0 Å². The van der Waals surface area contributed by atoms with Crippen molar-refractivity contribution in [3.8, 4) is 0 Å². The van der Waals surface area contributed by atoms with Gasteiger partial charge in [-0.05, 0) is 30.9 Å². The fraction of sp³-hybridized carbons (Fsp3) is 0.529. The molecule has 0 saturated carbocycles. The summed E-state index contributed by atoms with van der Waals surface area (Å²) in [5.41, 5.74) is 2.03. The number of nitrogens with zero attached hydrogens (tertiary/aromatic N) is 1. The molecule has 1 aliphatic rings. The van der Waals surface area contributed by atoms with Crippen molar-refractivity contribution < 1.29 is 9.59 Å². The standard InChI is InChI=1S/C17H25N3O2/c1-4-12(2)14-7-5-6-8-15(14)19-17(22)13(3)20-10-9-18-16(21)11-20/h5-8,12-13H,4,9-11H2,1-3H3,(H,18,21)(H,19,22). The van der Waals surface area contributed by atoms with E-state index >= 15 is 0 Å². The maximum atomic E-state index is 12.5. The molecule has 0 bridgehead atoms. The number of para-hydroxylation sites is 1. The summed E-state index contributed by atoms with van der Waals surface area (Å²) in [5.74, 6) is 0.309. The molecule has 2 N–H and O–H groups in total. The van der Waals surface area contributed by atoms with Gasteiger partial charge in [-0.1, -0.05) is 32.0 Å². The van der Waals surface area contributed by atoms with Crippen molar-refractivity contribution in [3.63, 3.8) is 0 Å². The third-order valence-corrected chi connectivity index (χ3v) is 4.36. The van der Waals surface area contributed by atoms with Gasteiger partial charge < -0.3 is 10.6 Å². The number of amides is 2. The van der Waals surface area contributed by atoms with Gasteiger partial charge in [0.05, 0.1) is 12.6 Å². The van der Waals surface area contributed by atoms with Crippen LogP contribution in [0, 0.1) is 0 Å². The number of nitrogens with one attached hydrogen (secondary N) is 2. The van der Waals surface area contributed by atoms with E-state index in [0.29, 0.717) is 19.0 Å². The average Bonchev–Trinajstić information content (AvgIpc) is 2.53. The monoisotopic (exact) mass is 303 g/mol. The highest BCUT2D eigenvalue weighted by molar-refractivity contribution is 5.95. The lowest BCUT2D eigenvalue weighted by Gasteiger charge is -2.31. The second-order valence-electron chi connectivity index (χ2n) is 5.88. The van der Waals surface area contributed by atoms with E-state index in [1.807, 2.05) is 30.0 Å². The summed E-state index contributed by atoms with van der Waals surface area (Å²) in [5, 5.41) is 5.80. The molecule has 0 spiro atoms. The minimum atomic E-state index is -0.323. The minimum Gasteiger partial charge on any atom is -0.354 e. The first-order valence-electron chi connectivity index (χ1n) is 7.93. The van der Waals surface area contributed by atoms with Crippen LogP contribution in [0.3, 0.4) is 0 Å². The van der Waals surface area contributed by atoms with Crippen molar-refractivity contribution in [2.75, 3.05) is 25.0 Å². The Labute approximate surface area is 132 Å². The zero-order valence-corrected chi connectivity index (χ0v) is 13.6. The van der Waals surface area contributed by atoms with Crippen molar-refractivity contribution >= 4 is 17.5 Å². The topological polar surface area (TPSA) is 61.4 Å². The summed E-state index contributed by atoms with van der Waals surface area (Å²) in [7, 11) is 0. The van der Waals surface area contributed by atoms with Crippen molar-refractivity contribution in [1.82, 2.24) is 10.2 Å². The molecule has 1 heterocycles. The van der Waals surface area contributed by atoms with Gasteiger partial charge in [-0.2, -0.15) is 0 Å².